The molecule has 2 atom stereocenters. The Balaban J connectivity index is 2.38. The lowest BCUT2D eigenvalue weighted by molar-refractivity contribution is -0.149. The van der Waals surface area contributed by atoms with Gasteiger partial charge in [-0.2, -0.15) is 0 Å². The highest BCUT2D eigenvalue weighted by atomic mass is 16.6. The van der Waals surface area contributed by atoms with E-state index < -0.39 is 5.97 Å². The summed E-state index contributed by atoms with van der Waals surface area (Å²) in [6.07, 6.45) is 0.321. The summed E-state index contributed by atoms with van der Waals surface area (Å²) in [6, 6.07) is 0. The second-order valence-corrected chi connectivity index (χ2v) is 3.79. The molecule has 0 aromatic rings. The van der Waals surface area contributed by atoms with Gasteiger partial charge >= 0.3 is 5.97 Å². The summed E-state index contributed by atoms with van der Waals surface area (Å²) in [4.78, 5) is 23.1. The van der Waals surface area contributed by atoms with E-state index in [1.54, 1.807) is 13.8 Å². The van der Waals surface area contributed by atoms with Crippen LogP contribution in [0.4, 0.5) is 0 Å². The number of carbonyl (C=O) groups excluding carboxylic acids is 2. The number of ketones is 1. The van der Waals surface area contributed by atoms with Crippen LogP contribution in [0.25, 0.3) is 0 Å². The van der Waals surface area contributed by atoms with Crippen molar-refractivity contribution in [3.8, 4) is 0 Å². The highest BCUT2D eigenvalue weighted by Crippen LogP contribution is 2.29. The van der Waals surface area contributed by atoms with Gasteiger partial charge in [0.25, 0.3) is 0 Å². The van der Waals surface area contributed by atoms with Gasteiger partial charge in [0, 0.05) is 6.42 Å². The van der Waals surface area contributed by atoms with Gasteiger partial charge in [-0.3, -0.25) is 4.79 Å². The van der Waals surface area contributed by atoms with Crippen LogP contribution in [0.3, 0.4) is 0 Å². The van der Waals surface area contributed by atoms with Gasteiger partial charge in [0.15, 0.2) is 5.78 Å². The SMILES string of the molecule is CC1CC2=C(C(=O)O1)C(=O)C(C)CO2. The van der Waals surface area contributed by atoms with Crippen molar-refractivity contribution in [1.82, 2.24) is 0 Å². The zero-order chi connectivity index (χ0) is 10.3. The largest absolute Gasteiger partial charge is 0.496 e. The molecule has 4 nitrogen and oxygen atoms in total. The molecule has 0 fully saturated rings. The summed E-state index contributed by atoms with van der Waals surface area (Å²) in [7, 11) is 0. The third kappa shape index (κ3) is 1.31. The maximum Gasteiger partial charge on any atom is 0.345 e. The van der Waals surface area contributed by atoms with Crippen LogP contribution in [0.15, 0.2) is 11.3 Å². The van der Waals surface area contributed by atoms with Crippen LogP contribution in [0, 0.1) is 5.92 Å². The van der Waals surface area contributed by atoms with E-state index in [1.807, 2.05) is 0 Å². The van der Waals surface area contributed by atoms with Gasteiger partial charge in [-0.05, 0) is 6.92 Å². The summed E-state index contributed by atoms with van der Waals surface area (Å²) >= 11 is 0. The highest BCUT2D eigenvalue weighted by Gasteiger charge is 2.38. The molecule has 0 amide bonds. The van der Waals surface area contributed by atoms with Gasteiger partial charge in [-0.15, -0.1) is 0 Å². The molecule has 0 aromatic heterocycles. The molecule has 14 heavy (non-hydrogen) atoms. The summed E-state index contributed by atoms with van der Waals surface area (Å²) in [5, 5.41) is 0. The summed E-state index contributed by atoms with van der Waals surface area (Å²) in [5.41, 5.74) is 0.127. The van der Waals surface area contributed by atoms with Crippen LogP contribution in [0.5, 0.6) is 0 Å². The van der Waals surface area contributed by atoms with E-state index in [4.69, 9.17) is 9.47 Å². The van der Waals surface area contributed by atoms with Crippen molar-refractivity contribution in [2.75, 3.05) is 6.61 Å². The van der Waals surface area contributed by atoms with Gasteiger partial charge in [0.05, 0.1) is 12.5 Å². The monoisotopic (exact) mass is 196 g/mol. The fraction of sp³-hybridized carbons (Fsp3) is 0.600. The molecule has 0 N–H and O–H groups in total. The van der Waals surface area contributed by atoms with Crippen LogP contribution in [0.2, 0.25) is 0 Å². The Kier molecular flexibility index (Phi) is 2.06. The molecular weight excluding hydrogens is 184 g/mol. The predicted octanol–water partition coefficient (Wildman–Crippen LogP) is 0.811. The first-order valence-corrected chi connectivity index (χ1v) is 4.70. The predicted molar refractivity (Wildman–Crippen MR) is 47.3 cm³/mol. The molecule has 0 aromatic carbocycles. The number of rotatable bonds is 0. The summed E-state index contributed by atoms with van der Waals surface area (Å²) in [6.45, 7) is 3.91. The fourth-order valence-electron chi connectivity index (χ4n) is 1.68. The first kappa shape index (κ1) is 9.24. The fourth-order valence-corrected chi connectivity index (χ4v) is 1.68. The Labute approximate surface area is 81.9 Å². The van der Waals surface area contributed by atoms with Gasteiger partial charge in [-0.25, -0.2) is 4.79 Å². The van der Waals surface area contributed by atoms with Gasteiger partial charge < -0.3 is 9.47 Å². The van der Waals surface area contributed by atoms with Crippen molar-refractivity contribution in [1.29, 1.82) is 0 Å². The number of cyclic esters (lactones) is 1. The van der Waals surface area contributed by atoms with E-state index in [0.29, 0.717) is 18.8 Å². The number of esters is 1. The van der Waals surface area contributed by atoms with Gasteiger partial charge in [0.2, 0.25) is 0 Å². The van der Waals surface area contributed by atoms with Crippen LogP contribution < -0.4 is 0 Å². The molecular formula is C10H12O4. The second-order valence-electron chi connectivity index (χ2n) is 3.79. The summed E-state index contributed by atoms with van der Waals surface area (Å²) in [5.74, 6) is -0.412. The topological polar surface area (TPSA) is 52.6 Å². The number of hydrogen-bond donors (Lipinski definition) is 0. The first-order valence-electron chi connectivity index (χ1n) is 4.70. The van der Waals surface area contributed by atoms with Crippen LogP contribution in [-0.2, 0) is 19.1 Å². The first-order chi connectivity index (χ1) is 6.59. The maximum atomic E-state index is 11.6. The molecule has 2 unspecified atom stereocenters. The molecule has 0 aliphatic carbocycles. The highest BCUT2D eigenvalue weighted by molar-refractivity contribution is 6.19. The number of ether oxygens (including phenoxy) is 2. The Morgan fingerprint density at radius 2 is 2.00 bits per heavy atom. The van der Waals surface area contributed by atoms with Crippen LogP contribution in [-0.4, -0.2) is 24.5 Å². The lowest BCUT2D eigenvalue weighted by Gasteiger charge is -2.29. The smallest absolute Gasteiger partial charge is 0.345 e. The van der Waals surface area contributed by atoms with Crippen LogP contribution in [0.1, 0.15) is 20.3 Å². The lowest BCUT2D eigenvalue weighted by Crippen LogP contribution is -2.36. The molecule has 0 radical (unpaired) electrons. The van der Waals surface area contributed by atoms with Crippen molar-refractivity contribution >= 4 is 11.8 Å². The lowest BCUT2D eigenvalue weighted by atomic mass is 9.93. The minimum absolute atomic E-state index is 0.127. The van der Waals surface area contributed by atoms with Crippen molar-refractivity contribution in [2.24, 2.45) is 5.92 Å². The molecule has 0 saturated carbocycles. The van der Waals surface area contributed by atoms with Gasteiger partial charge in [-0.1, -0.05) is 6.92 Å². The third-order valence-electron chi connectivity index (χ3n) is 2.47. The standard InChI is InChI=1S/C10H12O4/c1-5-4-13-7-3-6(2)14-10(12)8(7)9(5)11/h5-6H,3-4H2,1-2H3. The average molecular weight is 196 g/mol. The van der Waals surface area contributed by atoms with E-state index in [1.165, 1.54) is 0 Å². The van der Waals surface area contributed by atoms with E-state index in [-0.39, 0.29) is 23.4 Å². The quantitative estimate of drug-likeness (QED) is 0.425. The number of Topliss-reactive ketones (excluding diaryl/α,β-unsaturated/α-hetero) is 1. The Morgan fingerprint density at radius 3 is 2.71 bits per heavy atom. The average Bonchev–Trinajstić information content (AvgIpc) is 2.10. The molecule has 0 saturated heterocycles. The zero-order valence-corrected chi connectivity index (χ0v) is 8.20. The van der Waals surface area contributed by atoms with Crippen molar-refractivity contribution in [3.05, 3.63) is 11.3 Å². The number of hydrogen-bond acceptors (Lipinski definition) is 4. The van der Waals surface area contributed by atoms with E-state index in [2.05, 4.69) is 0 Å². The Morgan fingerprint density at radius 1 is 1.29 bits per heavy atom. The van der Waals surface area contributed by atoms with E-state index >= 15 is 0 Å². The molecule has 2 aliphatic rings. The molecule has 2 aliphatic heterocycles. The molecule has 2 heterocycles. The minimum atomic E-state index is -0.532. The Hall–Kier alpha value is -1.32. The summed E-state index contributed by atoms with van der Waals surface area (Å²) < 4.78 is 10.3. The molecule has 2 rings (SSSR count). The van der Waals surface area contributed by atoms with E-state index in [0.717, 1.165) is 0 Å². The molecule has 0 bridgehead atoms. The third-order valence-corrected chi connectivity index (χ3v) is 2.47. The minimum Gasteiger partial charge on any atom is -0.496 e. The normalized spacial score (nSPS) is 32.1. The number of carbonyl (C=O) groups is 2. The Bertz CT molecular complexity index is 329. The van der Waals surface area contributed by atoms with Crippen LogP contribution >= 0.6 is 0 Å². The van der Waals surface area contributed by atoms with Gasteiger partial charge in [0.1, 0.15) is 17.4 Å². The van der Waals surface area contributed by atoms with E-state index in [9.17, 15) is 9.59 Å². The van der Waals surface area contributed by atoms with Crippen molar-refractivity contribution in [3.63, 3.8) is 0 Å². The molecule has 0 spiro atoms. The van der Waals surface area contributed by atoms with Crippen molar-refractivity contribution in [2.45, 2.75) is 26.4 Å². The maximum absolute atomic E-state index is 11.6. The molecule has 76 valence electrons. The molecule has 4 heteroatoms. The second kappa shape index (κ2) is 3.12. The zero-order valence-electron chi connectivity index (χ0n) is 8.20. The van der Waals surface area contributed by atoms with Crippen molar-refractivity contribution < 1.29 is 19.1 Å².